The summed E-state index contributed by atoms with van der Waals surface area (Å²) in [7, 11) is -1.12. The summed E-state index contributed by atoms with van der Waals surface area (Å²) in [6.07, 6.45) is 1.07. The molecule has 2 atom stereocenters. The van der Waals surface area contributed by atoms with Crippen LogP contribution in [0.5, 0.6) is 11.5 Å². The minimum atomic E-state index is -4.17. The lowest BCUT2D eigenvalue weighted by molar-refractivity contribution is -0.140. The van der Waals surface area contributed by atoms with E-state index >= 15 is 0 Å². The molecule has 2 amide bonds. The summed E-state index contributed by atoms with van der Waals surface area (Å²) in [5, 5.41) is 2.98. The van der Waals surface area contributed by atoms with Crippen LogP contribution in [0.25, 0.3) is 0 Å². The average molecular weight is 596 g/mol. The highest BCUT2D eigenvalue weighted by atomic mass is 32.2. The largest absolute Gasteiger partial charge is 0.497 e. The molecule has 0 heterocycles. The van der Waals surface area contributed by atoms with E-state index in [0.29, 0.717) is 23.6 Å². The molecule has 0 radical (unpaired) electrons. The van der Waals surface area contributed by atoms with Crippen LogP contribution in [0.3, 0.4) is 0 Å². The third-order valence-electron chi connectivity index (χ3n) is 7.12. The van der Waals surface area contributed by atoms with Gasteiger partial charge in [-0.15, -0.1) is 0 Å². The van der Waals surface area contributed by atoms with Crippen molar-refractivity contribution < 1.29 is 27.5 Å². The van der Waals surface area contributed by atoms with Crippen LogP contribution in [0.1, 0.15) is 44.7 Å². The Balaban J connectivity index is 2.06. The predicted molar refractivity (Wildman–Crippen MR) is 164 cm³/mol. The normalized spacial score (nSPS) is 12.6. The lowest BCUT2D eigenvalue weighted by Crippen LogP contribution is -2.53. The van der Waals surface area contributed by atoms with Crippen molar-refractivity contribution in [1.29, 1.82) is 0 Å². The highest BCUT2D eigenvalue weighted by Gasteiger charge is 2.34. The number of carbonyl (C=O) groups excluding carboxylic acids is 2. The van der Waals surface area contributed by atoms with Gasteiger partial charge >= 0.3 is 0 Å². The molecule has 226 valence electrons. The molecular formula is C32H41N3O6S. The number of ether oxygens (including phenoxy) is 2. The van der Waals surface area contributed by atoms with Crippen LogP contribution >= 0.6 is 0 Å². The van der Waals surface area contributed by atoms with Crippen molar-refractivity contribution in [2.24, 2.45) is 0 Å². The van der Waals surface area contributed by atoms with Gasteiger partial charge in [0.2, 0.25) is 11.8 Å². The minimum absolute atomic E-state index is 0.0116. The second kappa shape index (κ2) is 14.7. The van der Waals surface area contributed by atoms with Crippen molar-refractivity contribution in [3.8, 4) is 11.5 Å². The molecule has 3 aromatic rings. The second-order valence-corrected chi connectivity index (χ2v) is 12.0. The molecular weight excluding hydrogens is 554 g/mol. The molecule has 0 unspecified atom stereocenters. The van der Waals surface area contributed by atoms with Gasteiger partial charge in [0.05, 0.1) is 24.8 Å². The summed E-state index contributed by atoms with van der Waals surface area (Å²) < 4.78 is 39.6. The van der Waals surface area contributed by atoms with Crippen LogP contribution in [0.15, 0.2) is 77.7 Å². The summed E-state index contributed by atoms with van der Waals surface area (Å²) in [6, 6.07) is 19.3. The smallest absolute Gasteiger partial charge is 0.264 e. The first-order valence-corrected chi connectivity index (χ1v) is 15.4. The molecule has 0 aliphatic carbocycles. The van der Waals surface area contributed by atoms with Gasteiger partial charge in [0.25, 0.3) is 10.0 Å². The van der Waals surface area contributed by atoms with E-state index in [0.717, 1.165) is 21.9 Å². The van der Waals surface area contributed by atoms with Crippen LogP contribution in [-0.2, 0) is 26.2 Å². The van der Waals surface area contributed by atoms with Crippen molar-refractivity contribution in [2.75, 3.05) is 25.1 Å². The molecule has 0 aliphatic rings. The van der Waals surface area contributed by atoms with E-state index in [2.05, 4.69) is 5.32 Å². The van der Waals surface area contributed by atoms with Gasteiger partial charge < -0.3 is 19.7 Å². The standard InChI is InChI=1S/C32H41N3O6S/c1-7-24(4)33-32(37)30(8-2)34(21-25-10-9-11-28(20-25)41-6)31(36)22-35(26-14-12-23(3)13-15-26)42(38,39)29-18-16-27(40-5)17-19-29/h9-20,24,30H,7-8,21-22H2,1-6H3,(H,33,37)/t24-,30+/m1/s1. The molecule has 0 saturated carbocycles. The summed E-state index contributed by atoms with van der Waals surface area (Å²) in [5.74, 6) is 0.319. The van der Waals surface area contributed by atoms with Gasteiger partial charge in [0.1, 0.15) is 24.1 Å². The number of sulfonamides is 1. The number of amides is 2. The fourth-order valence-corrected chi connectivity index (χ4v) is 5.86. The number of carbonyl (C=O) groups is 2. The molecule has 3 aromatic carbocycles. The number of hydrogen-bond acceptors (Lipinski definition) is 6. The molecule has 0 aromatic heterocycles. The third-order valence-corrected chi connectivity index (χ3v) is 8.91. The maximum Gasteiger partial charge on any atom is 0.264 e. The topological polar surface area (TPSA) is 105 Å². The average Bonchev–Trinajstić information content (AvgIpc) is 3.00. The Morgan fingerprint density at radius 3 is 2.10 bits per heavy atom. The lowest BCUT2D eigenvalue weighted by Gasteiger charge is -2.33. The number of hydrogen-bond donors (Lipinski definition) is 1. The summed E-state index contributed by atoms with van der Waals surface area (Å²) in [4.78, 5) is 29.0. The van der Waals surface area contributed by atoms with Gasteiger partial charge in [-0.1, -0.05) is 43.7 Å². The van der Waals surface area contributed by atoms with Gasteiger partial charge in [-0.2, -0.15) is 0 Å². The summed E-state index contributed by atoms with van der Waals surface area (Å²) >= 11 is 0. The van der Waals surface area contributed by atoms with E-state index in [9.17, 15) is 18.0 Å². The van der Waals surface area contributed by atoms with Gasteiger partial charge in [0.15, 0.2) is 0 Å². The van der Waals surface area contributed by atoms with E-state index in [4.69, 9.17) is 9.47 Å². The van der Waals surface area contributed by atoms with Crippen molar-refractivity contribution in [2.45, 2.75) is 64.1 Å². The highest BCUT2D eigenvalue weighted by Crippen LogP contribution is 2.27. The number of anilines is 1. The van der Waals surface area contributed by atoms with Crippen LogP contribution in [0.4, 0.5) is 5.69 Å². The highest BCUT2D eigenvalue weighted by molar-refractivity contribution is 7.92. The molecule has 1 N–H and O–H groups in total. The summed E-state index contributed by atoms with van der Waals surface area (Å²) in [5.41, 5.74) is 2.03. The second-order valence-electron chi connectivity index (χ2n) is 10.1. The number of aryl methyl sites for hydroxylation is 1. The van der Waals surface area contributed by atoms with Crippen molar-refractivity contribution in [3.05, 3.63) is 83.9 Å². The van der Waals surface area contributed by atoms with Crippen molar-refractivity contribution >= 4 is 27.5 Å². The fourth-order valence-electron chi connectivity index (χ4n) is 4.44. The monoisotopic (exact) mass is 595 g/mol. The maximum atomic E-state index is 14.2. The molecule has 0 bridgehead atoms. The number of methoxy groups -OCH3 is 2. The SMILES string of the molecule is CC[C@@H](C)NC(=O)[C@H](CC)N(Cc1cccc(OC)c1)C(=O)CN(c1ccc(C)cc1)S(=O)(=O)c1ccc(OC)cc1. The van der Waals surface area contributed by atoms with E-state index in [-0.39, 0.29) is 23.4 Å². The zero-order valence-corrected chi connectivity index (χ0v) is 26.0. The number of rotatable bonds is 14. The molecule has 3 rings (SSSR count). The minimum Gasteiger partial charge on any atom is -0.497 e. The molecule has 42 heavy (non-hydrogen) atoms. The number of nitrogens with zero attached hydrogens (tertiary/aromatic N) is 2. The van der Waals surface area contributed by atoms with Crippen molar-refractivity contribution in [3.63, 3.8) is 0 Å². The number of nitrogens with one attached hydrogen (secondary N) is 1. The molecule has 10 heteroatoms. The molecule has 0 fully saturated rings. The quantitative estimate of drug-likeness (QED) is 0.283. The van der Waals surface area contributed by atoms with E-state index in [1.165, 1.54) is 24.1 Å². The number of benzene rings is 3. The van der Waals surface area contributed by atoms with Crippen LogP contribution in [0.2, 0.25) is 0 Å². The fraction of sp³-hybridized carbons (Fsp3) is 0.375. The van der Waals surface area contributed by atoms with E-state index < -0.39 is 28.5 Å². The Kier molecular flexibility index (Phi) is 11.4. The first-order chi connectivity index (χ1) is 20.0. The Morgan fingerprint density at radius 1 is 0.881 bits per heavy atom. The summed E-state index contributed by atoms with van der Waals surface area (Å²) in [6.45, 7) is 7.18. The molecule has 9 nitrogen and oxygen atoms in total. The van der Waals surface area contributed by atoms with E-state index in [1.807, 2.05) is 39.8 Å². The van der Waals surface area contributed by atoms with Gasteiger partial charge in [-0.3, -0.25) is 13.9 Å². The van der Waals surface area contributed by atoms with E-state index in [1.54, 1.807) is 55.6 Å². The third kappa shape index (κ3) is 8.03. The van der Waals surface area contributed by atoms with Gasteiger partial charge in [-0.05, 0) is 80.8 Å². The molecule has 0 spiro atoms. The first kappa shape index (κ1) is 32.5. The van der Waals surface area contributed by atoms with Gasteiger partial charge in [0, 0.05) is 12.6 Å². The van der Waals surface area contributed by atoms with Gasteiger partial charge in [-0.25, -0.2) is 8.42 Å². The van der Waals surface area contributed by atoms with Crippen LogP contribution < -0.4 is 19.1 Å². The van der Waals surface area contributed by atoms with Crippen LogP contribution in [0, 0.1) is 6.92 Å². The predicted octanol–water partition coefficient (Wildman–Crippen LogP) is 4.93. The van der Waals surface area contributed by atoms with Crippen molar-refractivity contribution in [1.82, 2.24) is 10.2 Å². The first-order valence-electron chi connectivity index (χ1n) is 14.0. The van der Waals surface area contributed by atoms with Crippen LogP contribution in [-0.4, -0.2) is 58.0 Å². The zero-order chi connectivity index (χ0) is 30.9. The Hall–Kier alpha value is -4.05. The lowest BCUT2D eigenvalue weighted by atomic mass is 10.1. The molecule has 0 aliphatic heterocycles. The molecule has 0 saturated heterocycles. The zero-order valence-electron chi connectivity index (χ0n) is 25.2. The Morgan fingerprint density at radius 2 is 1.52 bits per heavy atom. The Bertz CT molecular complexity index is 1440. The Labute approximate surface area is 249 Å². The maximum absolute atomic E-state index is 14.2.